The van der Waals surface area contributed by atoms with Gasteiger partial charge >= 0.3 is 0 Å². The predicted molar refractivity (Wildman–Crippen MR) is 67.9 cm³/mol. The molecule has 0 aliphatic carbocycles. The summed E-state index contributed by atoms with van der Waals surface area (Å²) in [4.78, 5) is 2.49. The van der Waals surface area contributed by atoms with Crippen LogP contribution in [-0.4, -0.2) is 40.4 Å². The van der Waals surface area contributed by atoms with Crippen LogP contribution in [-0.2, 0) is 13.6 Å². The van der Waals surface area contributed by atoms with Crippen molar-refractivity contribution in [2.45, 2.75) is 26.4 Å². The summed E-state index contributed by atoms with van der Waals surface area (Å²) in [5, 5.41) is 7.73. The van der Waals surface area contributed by atoms with E-state index in [2.05, 4.69) is 29.2 Å². The van der Waals surface area contributed by atoms with Crippen molar-refractivity contribution >= 4 is 12.4 Å². The van der Waals surface area contributed by atoms with Crippen LogP contribution in [0, 0.1) is 6.92 Å². The lowest BCUT2D eigenvalue weighted by atomic mass is 10.2. The summed E-state index contributed by atoms with van der Waals surface area (Å²) in [5.74, 6) is 0. The summed E-state index contributed by atoms with van der Waals surface area (Å²) in [6.45, 7) is 8.77. The molecular weight excluding hydrogens is 224 g/mol. The van der Waals surface area contributed by atoms with Crippen molar-refractivity contribution in [2.24, 2.45) is 7.05 Å². The van der Waals surface area contributed by atoms with Crippen molar-refractivity contribution in [3.05, 3.63) is 17.5 Å². The van der Waals surface area contributed by atoms with Crippen molar-refractivity contribution in [1.82, 2.24) is 20.0 Å². The Morgan fingerprint density at radius 2 is 2.31 bits per heavy atom. The van der Waals surface area contributed by atoms with Gasteiger partial charge in [0.25, 0.3) is 0 Å². The number of halogens is 1. The number of piperazine rings is 1. The minimum Gasteiger partial charge on any atom is -0.312 e. The van der Waals surface area contributed by atoms with Crippen LogP contribution in [0.2, 0.25) is 0 Å². The highest BCUT2D eigenvalue weighted by atomic mass is 35.5. The molecule has 2 rings (SSSR count). The smallest absolute Gasteiger partial charge is 0.0537 e. The van der Waals surface area contributed by atoms with Crippen molar-refractivity contribution in [1.29, 1.82) is 0 Å². The van der Waals surface area contributed by atoms with Gasteiger partial charge < -0.3 is 5.32 Å². The molecule has 2 heterocycles. The van der Waals surface area contributed by atoms with E-state index < -0.39 is 0 Å². The molecule has 0 radical (unpaired) electrons. The molecule has 1 aliphatic rings. The molecule has 0 saturated carbocycles. The Hall–Kier alpha value is -0.580. The highest BCUT2D eigenvalue weighted by Crippen LogP contribution is 2.10. The van der Waals surface area contributed by atoms with Crippen LogP contribution in [0.25, 0.3) is 0 Å². The van der Waals surface area contributed by atoms with Crippen LogP contribution in [0.1, 0.15) is 18.2 Å². The molecule has 0 unspecified atom stereocenters. The fourth-order valence-electron chi connectivity index (χ4n) is 2.10. The number of nitrogens with one attached hydrogen (secondary N) is 1. The van der Waals surface area contributed by atoms with Gasteiger partial charge in [-0.1, -0.05) is 0 Å². The number of hydrogen-bond donors (Lipinski definition) is 1. The highest BCUT2D eigenvalue weighted by Gasteiger charge is 2.16. The monoisotopic (exact) mass is 244 g/mol. The largest absolute Gasteiger partial charge is 0.312 e. The van der Waals surface area contributed by atoms with Crippen LogP contribution in [0.4, 0.5) is 0 Å². The van der Waals surface area contributed by atoms with Gasteiger partial charge in [-0.3, -0.25) is 9.58 Å². The summed E-state index contributed by atoms with van der Waals surface area (Å²) >= 11 is 0. The molecule has 1 fully saturated rings. The first kappa shape index (κ1) is 13.5. The van der Waals surface area contributed by atoms with Crippen molar-refractivity contribution in [3.63, 3.8) is 0 Å². The third-order valence-electron chi connectivity index (χ3n) is 3.18. The molecule has 0 spiro atoms. The Bertz CT molecular complexity index is 337. The average Bonchev–Trinajstić information content (AvgIpc) is 2.50. The second kappa shape index (κ2) is 5.66. The third-order valence-corrected chi connectivity index (χ3v) is 3.18. The van der Waals surface area contributed by atoms with Gasteiger partial charge in [-0.25, -0.2) is 0 Å². The third kappa shape index (κ3) is 2.97. The Labute approximate surface area is 103 Å². The van der Waals surface area contributed by atoms with Crippen LogP contribution < -0.4 is 5.32 Å². The van der Waals surface area contributed by atoms with E-state index in [9.17, 15) is 0 Å². The van der Waals surface area contributed by atoms with E-state index in [0.29, 0.717) is 6.04 Å². The molecule has 16 heavy (non-hydrogen) atoms. The SMILES string of the molecule is Cc1c(CN2CCN[C@H](C)C2)cnn1C.Cl. The van der Waals surface area contributed by atoms with E-state index in [1.54, 1.807) is 0 Å². The zero-order valence-corrected chi connectivity index (χ0v) is 11.0. The number of aryl methyl sites for hydroxylation is 1. The summed E-state index contributed by atoms with van der Waals surface area (Å²) in [6, 6.07) is 0.607. The highest BCUT2D eigenvalue weighted by molar-refractivity contribution is 5.85. The molecular formula is C11H21ClN4. The maximum atomic E-state index is 4.28. The van der Waals surface area contributed by atoms with Crippen LogP contribution in [0.3, 0.4) is 0 Å². The maximum Gasteiger partial charge on any atom is 0.0537 e. The number of hydrogen-bond acceptors (Lipinski definition) is 3. The Balaban J connectivity index is 0.00000128. The summed E-state index contributed by atoms with van der Waals surface area (Å²) in [6.07, 6.45) is 1.99. The van der Waals surface area contributed by atoms with Crippen molar-refractivity contribution < 1.29 is 0 Å². The molecule has 0 bridgehead atoms. The first-order chi connectivity index (χ1) is 7.16. The first-order valence-corrected chi connectivity index (χ1v) is 5.60. The number of rotatable bonds is 2. The van der Waals surface area contributed by atoms with Gasteiger partial charge in [-0.15, -0.1) is 12.4 Å². The fraction of sp³-hybridized carbons (Fsp3) is 0.727. The molecule has 92 valence electrons. The molecule has 5 heteroatoms. The quantitative estimate of drug-likeness (QED) is 0.841. The molecule has 1 aromatic rings. The van der Waals surface area contributed by atoms with Gasteiger partial charge in [0.05, 0.1) is 6.20 Å². The molecule has 0 amide bonds. The molecule has 4 nitrogen and oxygen atoms in total. The van der Waals surface area contributed by atoms with Gasteiger partial charge in [0, 0.05) is 50.5 Å². The van der Waals surface area contributed by atoms with Gasteiger partial charge in [0.1, 0.15) is 0 Å². The summed E-state index contributed by atoms with van der Waals surface area (Å²) < 4.78 is 1.95. The lowest BCUT2D eigenvalue weighted by molar-refractivity contribution is 0.199. The van der Waals surface area contributed by atoms with E-state index >= 15 is 0 Å². The topological polar surface area (TPSA) is 33.1 Å². The second-order valence-corrected chi connectivity index (χ2v) is 4.47. The normalized spacial score (nSPS) is 21.8. The Morgan fingerprint density at radius 1 is 1.56 bits per heavy atom. The molecule has 1 N–H and O–H groups in total. The van der Waals surface area contributed by atoms with E-state index in [1.807, 2.05) is 17.9 Å². The summed E-state index contributed by atoms with van der Waals surface area (Å²) in [7, 11) is 2.00. The van der Waals surface area contributed by atoms with E-state index in [1.165, 1.54) is 11.3 Å². The zero-order chi connectivity index (χ0) is 10.8. The van der Waals surface area contributed by atoms with Crippen LogP contribution >= 0.6 is 12.4 Å². The van der Waals surface area contributed by atoms with Gasteiger partial charge in [-0.05, 0) is 13.8 Å². The molecule has 1 aromatic heterocycles. The van der Waals surface area contributed by atoms with Gasteiger partial charge in [-0.2, -0.15) is 5.10 Å². The number of nitrogens with zero attached hydrogens (tertiary/aromatic N) is 3. The number of aromatic nitrogens is 2. The average molecular weight is 245 g/mol. The van der Waals surface area contributed by atoms with Gasteiger partial charge in [0.2, 0.25) is 0 Å². The lowest BCUT2D eigenvalue weighted by Crippen LogP contribution is -2.48. The first-order valence-electron chi connectivity index (χ1n) is 5.60. The molecule has 1 atom stereocenters. The second-order valence-electron chi connectivity index (χ2n) is 4.47. The van der Waals surface area contributed by atoms with E-state index in [4.69, 9.17) is 0 Å². The van der Waals surface area contributed by atoms with E-state index in [0.717, 1.165) is 26.2 Å². The zero-order valence-electron chi connectivity index (χ0n) is 10.2. The predicted octanol–water partition coefficient (Wildman–Crippen LogP) is 0.944. The van der Waals surface area contributed by atoms with Crippen LogP contribution in [0.5, 0.6) is 0 Å². The van der Waals surface area contributed by atoms with Crippen LogP contribution in [0.15, 0.2) is 6.20 Å². The summed E-state index contributed by atoms with van der Waals surface area (Å²) in [5.41, 5.74) is 2.63. The minimum absolute atomic E-state index is 0. The molecule has 0 aromatic carbocycles. The Morgan fingerprint density at radius 3 is 2.88 bits per heavy atom. The minimum atomic E-state index is 0. The van der Waals surface area contributed by atoms with E-state index in [-0.39, 0.29) is 12.4 Å². The fourth-order valence-corrected chi connectivity index (χ4v) is 2.10. The maximum absolute atomic E-state index is 4.28. The standard InChI is InChI=1S/C11H20N4.ClH/c1-9-7-15(5-4-12-9)8-11-6-13-14(3)10(11)2;/h6,9,12H,4-5,7-8H2,1-3H3;1H/t9-;/m1./s1. The molecule has 1 aliphatic heterocycles. The lowest BCUT2D eigenvalue weighted by Gasteiger charge is -2.31. The van der Waals surface area contributed by atoms with Gasteiger partial charge in [0.15, 0.2) is 0 Å². The van der Waals surface area contributed by atoms with Crippen molar-refractivity contribution in [2.75, 3.05) is 19.6 Å². The Kier molecular flexibility index (Phi) is 4.77. The van der Waals surface area contributed by atoms with Crippen molar-refractivity contribution in [3.8, 4) is 0 Å². The molecule has 1 saturated heterocycles.